The van der Waals surface area contributed by atoms with Gasteiger partial charge >= 0.3 is 140 Å². The van der Waals surface area contributed by atoms with Crippen molar-refractivity contribution >= 4 is 153 Å². The van der Waals surface area contributed by atoms with E-state index in [9.17, 15) is 0 Å². The van der Waals surface area contributed by atoms with Crippen LogP contribution in [0.3, 0.4) is 0 Å². The van der Waals surface area contributed by atoms with Crippen LogP contribution in [0, 0.1) is 0 Å². The van der Waals surface area contributed by atoms with Gasteiger partial charge in [0.1, 0.15) is 0 Å². The summed E-state index contributed by atoms with van der Waals surface area (Å²) in [5.41, 5.74) is 0. The van der Waals surface area contributed by atoms with Gasteiger partial charge < -0.3 is 0 Å². The summed E-state index contributed by atoms with van der Waals surface area (Å²) in [4.78, 5) is 0. The van der Waals surface area contributed by atoms with Crippen molar-refractivity contribution in [2.24, 2.45) is 0 Å². The first kappa shape index (κ1) is 23.2. The summed E-state index contributed by atoms with van der Waals surface area (Å²) < 4.78 is 0. The van der Waals surface area contributed by atoms with Crippen molar-refractivity contribution in [3.63, 3.8) is 0 Å². The zero-order valence-corrected chi connectivity index (χ0v) is 1.50. The van der Waals surface area contributed by atoms with Crippen molar-refractivity contribution in [2.75, 3.05) is 0 Å². The van der Waals surface area contributed by atoms with Gasteiger partial charge in [0.2, 0.25) is 0 Å². The van der Waals surface area contributed by atoms with Gasteiger partial charge in [-0.15, -0.1) is 0 Å². The Balaban J connectivity index is 0. The van der Waals surface area contributed by atoms with Crippen molar-refractivity contribution in [1.82, 2.24) is 0 Å². The SMILES string of the molecule is S.[BaH2].[SrH2].[SrH2]. The van der Waals surface area contributed by atoms with E-state index in [1.54, 1.807) is 0 Å². The third kappa shape index (κ3) is 9.99. The van der Waals surface area contributed by atoms with Gasteiger partial charge in [-0.3, -0.25) is 0 Å². The summed E-state index contributed by atoms with van der Waals surface area (Å²) in [6.45, 7) is 0. The normalized spacial score (nSPS) is 0. The molecule has 0 spiro atoms. The van der Waals surface area contributed by atoms with Crippen LogP contribution in [0.1, 0.15) is 0 Å². The van der Waals surface area contributed by atoms with Gasteiger partial charge in [-0.1, -0.05) is 0 Å². The predicted molar refractivity (Wildman–Crippen MR) is 36.0 cm³/mol. The summed E-state index contributed by atoms with van der Waals surface area (Å²) in [5, 5.41) is 0. The molecule has 0 saturated heterocycles. The second kappa shape index (κ2) is 15.7. The molecule has 0 aliphatic heterocycles. The van der Waals surface area contributed by atoms with Crippen molar-refractivity contribution in [3.8, 4) is 0 Å². The van der Waals surface area contributed by atoms with E-state index in [0.29, 0.717) is 0 Å². The van der Waals surface area contributed by atoms with Gasteiger partial charge in [0.25, 0.3) is 0 Å². The quantitative estimate of drug-likeness (QED) is 0.418. The molecule has 0 saturated carbocycles. The van der Waals surface area contributed by atoms with Gasteiger partial charge in [-0.2, -0.15) is 13.5 Å². The molecule has 0 fully saturated rings. The average molecular weight is 353 g/mol. The van der Waals surface area contributed by atoms with E-state index in [-0.39, 0.29) is 153 Å². The molecular formula is H8BaSSr2. The Bertz CT molecular complexity index is 6.00. The van der Waals surface area contributed by atoms with Crippen LogP contribution in [0.5, 0.6) is 0 Å². The molecule has 0 amide bonds. The minimum absolute atomic E-state index is 0. The molecule has 0 aromatic rings. The van der Waals surface area contributed by atoms with Crippen LogP contribution < -0.4 is 0 Å². The number of hydrogen-bond acceptors (Lipinski definition) is 0. The zero-order valence-electron chi connectivity index (χ0n) is 0.500. The van der Waals surface area contributed by atoms with E-state index < -0.39 is 0 Å². The van der Waals surface area contributed by atoms with Crippen LogP contribution >= 0.6 is 13.5 Å². The van der Waals surface area contributed by atoms with E-state index in [0.717, 1.165) is 0 Å². The predicted octanol–water partition coefficient (Wildman–Crippen LogP) is -2.64. The minimum atomic E-state index is 0. The van der Waals surface area contributed by atoms with Crippen LogP contribution in [0.25, 0.3) is 0 Å². The van der Waals surface area contributed by atoms with E-state index >= 15 is 0 Å². The maximum absolute atomic E-state index is 0. The number of hydrogen-bond donors (Lipinski definition) is 0. The van der Waals surface area contributed by atoms with E-state index in [2.05, 4.69) is 0 Å². The van der Waals surface area contributed by atoms with Gasteiger partial charge in [-0.05, 0) is 0 Å². The Labute approximate surface area is 148 Å². The molecule has 0 radical (unpaired) electrons. The third-order valence-corrected chi connectivity index (χ3v) is 0. The molecule has 0 unspecified atom stereocenters. The van der Waals surface area contributed by atoms with E-state index in [4.69, 9.17) is 0 Å². The molecule has 4 heteroatoms. The molecule has 0 aromatic heterocycles. The van der Waals surface area contributed by atoms with Crippen molar-refractivity contribution in [1.29, 1.82) is 0 Å². The Morgan fingerprint density at radius 3 is 0.750 bits per heavy atom. The van der Waals surface area contributed by atoms with Crippen LogP contribution in [-0.4, -0.2) is 140 Å². The molecular weight excluding hydrogens is 345 g/mol. The fourth-order valence-electron chi connectivity index (χ4n) is 0. The van der Waals surface area contributed by atoms with Crippen molar-refractivity contribution in [3.05, 3.63) is 0 Å². The molecule has 20 valence electrons. The fraction of sp³-hybridized carbons (Fsp3) is 0. The zero-order chi connectivity index (χ0) is 0. The average Bonchev–Trinajstić information content (AvgIpc) is 0. The number of rotatable bonds is 0. The topological polar surface area (TPSA) is 0 Å². The molecule has 0 rings (SSSR count). The van der Waals surface area contributed by atoms with Gasteiger partial charge in [0.05, 0.1) is 0 Å². The fourth-order valence-corrected chi connectivity index (χ4v) is 0. The van der Waals surface area contributed by atoms with E-state index in [1.807, 2.05) is 0 Å². The Hall–Kier alpha value is 4.88. The summed E-state index contributed by atoms with van der Waals surface area (Å²) in [7, 11) is 0. The van der Waals surface area contributed by atoms with Gasteiger partial charge in [0.15, 0.2) is 0 Å². The molecule has 0 bridgehead atoms. The monoisotopic (exact) mass is 354 g/mol. The summed E-state index contributed by atoms with van der Waals surface area (Å²) in [6.07, 6.45) is 0. The molecule has 0 atom stereocenters. The Morgan fingerprint density at radius 1 is 0.750 bits per heavy atom. The molecule has 0 nitrogen and oxygen atoms in total. The van der Waals surface area contributed by atoms with Crippen LogP contribution in [0.2, 0.25) is 0 Å². The molecule has 4 heavy (non-hydrogen) atoms. The molecule has 0 heterocycles. The standard InChI is InChI=1S/Ba.H2S.2Sr.6H/h;1H2;;;;;;;;. The van der Waals surface area contributed by atoms with Crippen LogP contribution in [-0.2, 0) is 0 Å². The summed E-state index contributed by atoms with van der Waals surface area (Å²) in [5.74, 6) is 0. The van der Waals surface area contributed by atoms with E-state index in [1.165, 1.54) is 0 Å². The first-order valence-corrected chi connectivity index (χ1v) is 0. The molecule has 0 N–H and O–H groups in total. The van der Waals surface area contributed by atoms with Crippen molar-refractivity contribution < 1.29 is 0 Å². The third-order valence-electron chi connectivity index (χ3n) is 0. The first-order chi connectivity index (χ1) is 0. The summed E-state index contributed by atoms with van der Waals surface area (Å²) >= 11 is 0. The van der Waals surface area contributed by atoms with Gasteiger partial charge in [0, 0.05) is 0 Å². The Morgan fingerprint density at radius 2 is 0.750 bits per heavy atom. The molecule has 0 aliphatic rings. The molecule has 0 aromatic carbocycles. The second-order valence-electron chi connectivity index (χ2n) is 0. The Kier molecular flexibility index (Phi) is 90.7. The summed E-state index contributed by atoms with van der Waals surface area (Å²) in [6, 6.07) is 0. The van der Waals surface area contributed by atoms with Crippen molar-refractivity contribution in [2.45, 2.75) is 0 Å². The van der Waals surface area contributed by atoms with Crippen LogP contribution in [0.15, 0.2) is 0 Å². The maximum atomic E-state index is 0. The molecule has 0 aliphatic carbocycles. The van der Waals surface area contributed by atoms with Crippen LogP contribution in [0.4, 0.5) is 0 Å². The first-order valence-electron chi connectivity index (χ1n) is 0. The second-order valence-corrected chi connectivity index (χ2v) is 0. The van der Waals surface area contributed by atoms with Gasteiger partial charge in [-0.25, -0.2) is 0 Å².